The van der Waals surface area contributed by atoms with Gasteiger partial charge in [0, 0.05) is 17.8 Å². The number of imidazole rings is 1. The second kappa shape index (κ2) is 5.17. The van der Waals surface area contributed by atoms with Crippen molar-refractivity contribution in [1.82, 2.24) is 9.55 Å². The van der Waals surface area contributed by atoms with Gasteiger partial charge < -0.3 is 9.88 Å². The van der Waals surface area contributed by atoms with Crippen molar-refractivity contribution < 1.29 is 0 Å². The Morgan fingerprint density at radius 1 is 1.15 bits per heavy atom. The third-order valence-corrected chi connectivity index (χ3v) is 3.65. The van der Waals surface area contributed by atoms with Crippen LogP contribution in [-0.4, -0.2) is 9.55 Å². The standard InChI is InChI=1S/C16H16ClN3/c1-11(18-13-7-5-6-12(17)10-13)16-19-14-8-3-4-9-15(14)20(16)2/h3-11,18H,1-2H3. The molecule has 1 N–H and O–H groups in total. The maximum absolute atomic E-state index is 6.01. The Kier molecular flexibility index (Phi) is 3.36. The number of aryl methyl sites for hydroxylation is 1. The van der Waals surface area contributed by atoms with Crippen LogP contribution in [0.15, 0.2) is 48.5 Å². The zero-order chi connectivity index (χ0) is 14.1. The monoisotopic (exact) mass is 285 g/mol. The van der Waals surface area contributed by atoms with Crippen molar-refractivity contribution in [3.05, 3.63) is 59.4 Å². The molecule has 0 fully saturated rings. The zero-order valence-electron chi connectivity index (χ0n) is 11.5. The van der Waals surface area contributed by atoms with Gasteiger partial charge in [0.2, 0.25) is 0 Å². The van der Waals surface area contributed by atoms with E-state index in [-0.39, 0.29) is 6.04 Å². The molecule has 0 spiro atoms. The number of para-hydroxylation sites is 2. The van der Waals surface area contributed by atoms with Crippen LogP contribution < -0.4 is 5.32 Å². The van der Waals surface area contributed by atoms with Gasteiger partial charge >= 0.3 is 0 Å². The molecule has 20 heavy (non-hydrogen) atoms. The van der Waals surface area contributed by atoms with E-state index in [9.17, 15) is 0 Å². The highest BCUT2D eigenvalue weighted by Gasteiger charge is 2.14. The van der Waals surface area contributed by atoms with Gasteiger partial charge in [-0.15, -0.1) is 0 Å². The normalized spacial score (nSPS) is 12.6. The SMILES string of the molecule is CC(Nc1cccc(Cl)c1)c1nc2ccccc2n1C. The summed E-state index contributed by atoms with van der Waals surface area (Å²) < 4.78 is 2.12. The van der Waals surface area contributed by atoms with Crippen molar-refractivity contribution in [2.45, 2.75) is 13.0 Å². The molecule has 0 aliphatic rings. The molecule has 1 atom stereocenters. The highest BCUT2D eigenvalue weighted by molar-refractivity contribution is 6.30. The minimum atomic E-state index is 0.103. The van der Waals surface area contributed by atoms with Crippen LogP contribution in [0.1, 0.15) is 18.8 Å². The summed E-state index contributed by atoms with van der Waals surface area (Å²) in [6.45, 7) is 2.10. The van der Waals surface area contributed by atoms with Crippen molar-refractivity contribution in [1.29, 1.82) is 0 Å². The van der Waals surface area contributed by atoms with E-state index in [2.05, 4.69) is 22.9 Å². The van der Waals surface area contributed by atoms with Gasteiger partial charge in [0.15, 0.2) is 0 Å². The van der Waals surface area contributed by atoms with E-state index in [0.29, 0.717) is 0 Å². The first-order valence-electron chi connectivity index (χ1n) is 6.58. The second-order valence-corrected chi connectivity index (χ2v) is 5.33. The fraction of sp³-hybridized carbons (Fsp3) is 0.188. The number of anilines is 1. The number of aromatic nitrogens is 2. The molecular weight excluding hydrogens is 270 g/mol. The number of rotatable bonds is 3. The van der Waals surface area contributed by atoms with Gasteiger partial charge in [0.05, 0.1) is 17.1 Å². The Labute approximate surface area is 123 Å². The van der Waals surface area contributed by atoms with E-state index < -0.39 is 0 Å². The van der Waals surface area contributed by atoms with E-state index in [1.807, 2.05) is 49.5 Å². The van der Waals surface area contributed by atoms with Crippen LogP contribution in [0.3, 0.4) is 0 Å². The first-order valence-corrected chi connectivity index (χ1v) is 6.96. The molecule has 0 saturated heterocycles. The van der Waals surface area contributed by atoms with Crippen LogP contribution in [0.4, 0.5) is 5.69 Å². The summed E-state index contributed by atoms with van der Waals surface area (Å²) in [6.07, 6.45) is 0. The summed E-state index contributed by atoms with van der Waals surface area (Å²) in [4.78, 5) is 4.70. The largest absolute Gasteiger partial charge is 0.375 e. The quantitative estimate of drug-likeness (QED) is 0.773. The van der Waals surface area contributed by atoms with E-state index in [1.165, 1.54) is 0 Å². The summed E-state index contributed by atoms with van der Waals surface area (Å²) in [7, 11) is 2.04. The van der Waals surface area contributed by atoms with Gasteiger partial charge in [-0.05, 0) is 37.3 Å². The molecule has 3 aromatic rings. The van der Waals surface area contributed by atoms with Gasteiger partial charge in [-0.25, -0.2) is 4.98 Å². The Bertz CT molecular complexity index is 748. The zero-order valence-corrected chi connectivity index (χ0v) is 12.2. The lowest BCUT2D eigenvalue weighted by Crippen LogP contribution is -2.11. The molecule has 4 heteroatoms. The van der Waals surface area contributed by atoms with Gasteiger partial charge in [0.1, 0.15) is 5.82 Å². The number of fused-ring (bicyclic) bond motifs is 1. The Hall–Kier alpha value is -2.00. The number of nitrogens with one attached hydrogen (secondary N) is 1. The third-order valence-electron chi connectivity index (χ3n) is 3.42. The molecule has 0 amide bonds. The first-order chi connectivity index (χ1) is 9.65. The summed E-state index contributed by atoms with van der Waals surface area (Å²) in [6, 6.07) is 16.0. The van der Waals surface area contributed by atoms with E-state index in [1.54, 1.807) is 0 Å². The van der Waals surface area contributed by atoms with Crippen molar-refractivity contribution in [2.24, 2.45) is 7.05 Å². The molecule has 1 unspecified atom stereocenters. The average molecular weight is 286 g/mol. The van der Waals surface area contributed by atoms with Crippen molar-refractivity contribution >= 4 is 28.3 Å². The van der Waals surface area contributed by atoms with E-state index in [4.69, 9.17) is 16.6 Å². The number of hydrogen-bond donors (Lipinski definition) is 1. The van der Waals surface area contributed by atoms with Crippen LogP contribution in [0, 0.1) is 0 Å². The first kappa shape index (κ1) is 13.0. The van der Waals surface area contributed by atoms with Crippen LogP contribution in [0.5, 0.6) is 0 Å². The number of hydrogen-bond acceptors (Lipinski definition) is 2. The molecule has 1 aromatic heterocycles. The summed E-state index contributed by atoms with van der Waals surface area (Å²) in [5.41, 5.74) is 3.16. The van der Waals surface area contributed by atoms with E-state index >= 15 is 0 Å². The molecular formula is C16H16ClN3. The fourth-order valence-electron chi connectivity index (χ4n) is 2.44. The lowest BCUT2D eigenvalue weighted by atomic mass is 10.2. The summed E-state index contributed by atoms with van der Waals surface area (Å²) in [5, 5.41) is 4.16. The van der Waals surface area contributed by atoms with E-state index in [0.717, 1.165) is 27.6 Å². The molecule has 0 saturated carbocycles. The van der Waals surface area contributed by atoms with Crippen molar-refractivity contribution in [3.63, 3.8) is 0 Å². The summed E-state index contributed by atoms with van der Waals surface area (Å²) in [5.74, 6) is 1.01. The minimum Gasteiger partial charge on any atom is -0.375 e. The maximum Gasteiger partial charge on any atom is 0.131 e. The number of halogens is 1. The topological polar surface area (TPSA) is 29.9 Å². The third kappa shape index (κ3) is 2.37. The molecule has 0 aliphatic heterocycles. The Morgan fingerprint density at radius 2 is 1.95 bits per heavy atom. The minimum absolute atomic E-state index is 0.103. The maximum atomic E-state index is 6.01. The number of nitrogens with zero attached hydrogens (tertiary/aromatic N) is 2. The van der Waals surface area contributed by atoms with Gasteiger partial charge in [-0.1, -0.05) is 29.8 Å². The molecule has 0 bridgehead atoms. The highest BCUT2D eigenvalue weighted by Crippen LogP contribution is 2.23. The predicted molar refractivity (Wildman–Crippen MR) is 84.2 cm³/mol. The van der Waals surface area contributed by atoms with Gasteiger partial charge in [-0.3, -0.25) is 0 Å². The molecule has 2 aromatic carbocycles. The average Bonchev–Trinajstić information content (AvgIpc) is 2.77. The fourth-order valence-corrected chi connectivity index (χ4v) is 2.63. The highest BCUT2D eigenvalue weighted by atomic mass is 35.5. The summed E-state index contributed by atoms with van der Waals surface area (Å²) >= 11 is 6.01. The second-order valence-electron chi connectivity index (χ2n) is 4.89. The van der Waals surface area contributed by atoms with Crippen molar-refractivity contribution in [2.75, 3.05) is 5.32 Å². The van der Waals surface area contributed by atoms with Gasteiger partial charge in [-0.2, -0.15) is 0 Å². The molecule has 3 nitrogen and oxygen atoms in total. The van der Waals surface area contributed by atoms with Crippen LogP contribution >= 0.6 is 11.6 Å². The molecule has 0 radical (unpaired) electrons. The van der Waals surface area contributed by atoms with Crippen LogP contribution in [0.25, 0.3) is 11.0 Å². The lowest BCUT2D eigenvalue weighted by Gasteiger charge is -2.15. The Morgan fingerprint density at radius 3 is 2.70 bits per heavy atom. The van der Waals surface area contributed by atoms with Crippen molar-refractivity contribution in [3.8, 4) is 0 Å². The van der Waals surface area contributed by atoms with Gasteiger partial charge in [0.25, 0.3) is 0 Å². The van der Waals surface area contributed by atoms with Crippen LogP contribution in [-0.2, 0) is 7.05 Å². The smallest absolute Gasteiger partial charge is 0.131 e. The van der Waals surface area contributed by atoms with Crippen LogP contribution in [0.2, 0.25) is 5.02 Å². The Balaban J connectivity index is 1.92. The number of benzene rings is 2. The molecule has 102 valence electrons. The predicted octanol–water partition coefficient (Wildman–Crippen LogP) is 4.40. The molecule has 1 heterocycles. The molecule has 0 aliphatic carbocycles. The lowest BCUT2D eigenvalue weighted by molar-refractivity contribution is 0.734. The molecule has 3 rings (SSSR count).